The van der Waals surface area contributed by atoms with Crippen molar-refractivity contribution in [3.8, 4) is 11.5 Å². The lowest BCUT2D eigenvalue weighted by Crippen LogP contribution is -2.30. The van der Waals surface area contributed by atoms with Crippen LogP contribution in [0.2, 0.25) is 5.02 Å². The summed E-state index contributed by atoms with van der Waals surface area (Å²) in [4.78, 5) is 24.4. The van der Waals surface area contributed by atoms with Gasteiger partial charge in [0.05, 0.1) is 6.42 Å². The second kappa shape index (κ2) is 9.54. The van der Waals surface area contributed by atoms with Gasteiger partial charge in [-0.05, 0) is 50.6 Å². The predicted octanol–water partition coefficient (Wildman–Crippen LogP) is 4.51. The molecule has 1 aromatic heterocycles. The lowest BCUT2D eigenvalue weighted by molar-refractivity contribution is -0.153. The van der Waals surface area contributed by atoms with Crippen molar-refractivity contribution in [3.63, 3.8) is 0 Å². The highest BCUT2D eigenvalue weighted by Gasteiger charge is 2.19. The van der Waals surface area contributed by atoms with Crippen molar-refractivity contribution in [1.82, 2.24) is 10.2 Å². The molecule has 0 radical (unpaired) electrons. The first-order valence-corrected chi connectivity index (χ1v) is 9.85. The Morgan fingerprint density at radius 1 is 1.13 bits per heavy atom. The second-order valence-electron chi connectivity index (χ2n) is 6.95. The monoisotopic (exact) mass is 427 g/mol. The summed E-state index contributed by atoms with van der Waals surface area (Å²) in [5.74, 6) is -0.249. The maximum Gasteiger partial charge on any atom is 0.307 e. The van der Waals surface area contributed by atoms with E-state index in [1.807, 2.05) is 38.1 Å². The van der Waals surface area contributed by atoms with E-state index in [2.05, 4.69) is 15.5 Å². The topological polar surface area (TPSA) is 94.3 Å². The molecule has 8 heteroatoms. The number of halogens is 1. The Kier molecular flexibility index (Phi) is 6.84. The van der Waals surface area contributed by atoms with Crippen molar-refractivity contribution >= 4 is 29.2 Å². The Labute approximate surface area is 179 Å². The number of aromatic nitrogens is 2. The van der Waals surface area contributed by atoms with E-state index in [9.17, 15) is 9.59 Å². The summed E-state index contributed by atoms with van der Waals surface area (Å²) in [7, 11) is 0. The van der Waals surface area contributed by atoms with Crippen LogP contribution in [0.5, 0.6) is 0 Å². The molecule has 3 rings (SSSR count). The number of aryl methyl sites for hydroxylation is 3. The summed E-state index contributed by atoms with van der Waals surface area (Å²) in [6.07, 6.45) is -0.718. The number of amides is 1. The number of hydrogen-bond acceptors (Lipinski definition) is 6. The van der Waals surface area contributed by atoms with Crippen LogP contribution < -0.4 is 5.32 Å². The van der Waals surface area contributed by atoms with Gasteiger partial charge in [0.15, 0.2) is 6.10 Å². The molecule has 0 aliphatic rings. The highest BCUT2D eigenvalue weighted by Crippen LogP contribution is 2.21. The quantitative estimate of drug-likeness (QED) is 0.557. The van der Waals surface area contributed by atoms with Gasteiger partial charge in [-0.15, -0.1) is 10.2 Å². The number of ether oxygens (including phenoxy) is 1. The van der Waals surface area contributed by atoms with Crippen molar-refractivity contribution in [2.75, 3.05) is 5.32 Å². The van der Waals surface area contributed by atoms with Crippen molar-refractivity contribution in [2.24, 2.45) is 0 Å². The van der Waals surface area contributed by atoms with Crippen LogP contribution in [0.3, 0.4) is 0 Å². The summed E-state index contributed by atoms with van der Waals surface area (Å²) < 4.78 is 10.8. The molecular formula is C22H22ClN3O4. The summed E-state index contributed by atoms with van der Waals surface area (Å²) >= 11 is 5.95. The molecule has 0 saturated carbocycles. The standard InChI is InChI=1S/C22H22ClN3O4/c1-13-4-7-16(8-5-13)22-26-25-19(30-22)10-11-20(27)29-15(3)21(28)24-18-12-17(23)9-6-14(18)2/h4-9,12,15H,10-11H2,1-3H3,(H,24,28). The van der Waals surface area contributed by atoms with Crippen LogP contribution in [-0.2, 0) is 20.7 Å². The van der Waals surface area contributed by atoms with Gasteiger partial charge in [-0.3, -0.25) is 9.59 Å². The maximum absolute atomic E-state index is 12.3. The Bertz CT molecular complexity index is 1050. The first-order chi connectivity index (χ1) is 14.3. The first-order valence-electron chi connectivity index (χ1n) is 9.48. The smallest absolute Gasteiger partial charge is 0.307 e. The minimum absolute atomic E-state index is 0.0172. The van der Waals surface area contributed by atoms with Crippen LogP contribution in [0.1, 0.15) is 30.4 Å². The Hall–Kier alpha value is -3.19. The molecular weight excluding hydrogens is 406 g/mol. The van der Waals surface area contributed by atoms with Gasteiger partial charge in [0.2, 0.25) is 11.8 Å². The zero-order chi connectivity index (χ0) is 21.7. The van der Waals surface area contributed by atoms with Gasteiger partial charge in [-0.2, -0.15) is 0 Å². The number of esters is 1. The minimum atomic E-state index is -0.957. The molecule has 7 nitrogen and oxygen atoms in total. The van der Waals surface area contributed by atoms with Crippen molar-refractivity contribution in [3.05, 3.63) is 64.5 Å². The van der Waals surface area contributed by atoms with Crippen LogP contribution in [0.25, 0.3) is 11.5 Å². The van der Waals surface area contributed by atoms with E-state index >= 15 is 0 Å². The van der Waals surface area contributed by atoms with Crippen LogP contribution in [0.4, 0.5) is 5.69 Å². The number of rotatable bonds is 7. The van der Waals surface area contributed by atoms with E-state index in [1.165, 1.54) is 6.92 Å². The fourth-order valence-corrected chi connectivity index (χ4v) is 2.82. The predicted molar refractivity (Wildman–Crippen MR) is 113 cm³/mol. The van der Waals surface area contributed by atoms with Crippen LogP contribution in [-0.4, -0.2) is 28.2 Å². The SMILES string of the molecule is Cc1ccc(-c2nnc(CCC(=O)OC(C)C(=O)Nc3cc(Cl)ccc3C)o2)cc1. The van der Waals surface area contributed by atoms with E-state index in [0.717, 1.165) is 16.7 Å². The van der Waals surface area contributed by atoms with Gasteiger partial charge in [-0.1, -0.05) is 35.4 Å². The number of carbonyl (C=O) groups excluding carboxylic acids is 2. The molecule has 1 N–H and O–H groups in total. The second-order valence-corrected chi connectivity index (χ2v) is 7.38. The molecule has 3 aromatic rings. The first kappa shape index (κ1) is 21.5. The number of carbonyl (C=O) groups is 2. The van der Waals surface area contributed by atoms with Crippen molar-refractivity contribution in [2.45, 2.75) is 39.7 Å². The molecule has 1 heterocycles. The van der Waals surface area contributed by atoms with E-state index in [0.29, 0.717) is 22.5 Å². The zero-order valence-electron chi connectivity index (χ0n) is 16.9. The normalized spacial score (nSPS) is 11.7. The Balaban J connectivity index is 1.50. The van der Waals surface area contributed by atoms with Crippen LogP contribution in [0, 0.1) is 13.8 Å². The van der Waals surface area contributed by atoms with E-state index < -0.39 is 18.0 Å². The zero-order valence-corrected chi connectivity index (χ0v) is 17.7. The van der Waals surface area contributed by atoms with Crippen molar-refractivity contribution < 1.29 is 18.7 Å². The summed E-state index contributed by atoms with van der Waals surface area (Å²) in [5.41, 5.74) is 3.37. The highest BCUT2D eigenvalue weighted by molar-refractivity contribution is 6.31. The molecule has 30 heavy (non-hydrogen) atoms. The summed E-state index contributed by atoms with van der Waals surface area (Å²) in [6, 6.07) is 12.9. The Morgan fingerprint density at radius 2 is 1.87 bits per heavy atom. The molecule has 2 aromatic carbocycles. The van der Waals surface area contributed by atoms with Gasteiger partial charge >= 0.3 is 5.97 Å². The average molecular weight is 428 g/mol. The molecule has 0 fully saturated rings. The fraction of sp³-hybridized carbons (Fsp3) is 0.273. The number of nitrogens with zero attached hydrogens (tertiary/aromatic N) is 2. The number of anilines is 1. The van der Waals surface area contributed by atoms with E-state index in [1.54, 1.807) is 18.2 Å². The third-order valence-corrected chi connectivity index (χ3v) is 4.68. The molecule has 0 aliphatic carbocycles. The summed E-state index contributed by atoms with van der Waals surface area (Å²) in [5, 5.41) is 11.2. The van der Waals surface area contributed by atoms with E-state index in [-0.39, 0.29) is 12.8 Å². The lowest BCUT2D eigenvalue weighted by Gasteiger charge is -2.14. The molecule has 1 atom stereocenters. The summed E-state index contributed by atoms with van der Waals surface area (Å²) in [6.45, 7) is 5.35. The number of hydrogen-bond donors (Lipinski definition) is 1. The van der Waals surface area contributed by atoms with Crippen molar-refractivity contribution in [1.29, 1.82) is 0 Å². The number of benzene rings is 2. The third kappa shape index (κ3) is 5.67. The van der Waals surface area contributed by atoms with Gasteiger partial charge in [0.1, 0.15) is 0 Å². The largest absolute Gasteiger partial charge is 0.453 e. The van der Waals surface area contributed by atoms with Gasteiger partial charge in [-0.25, -0.2) is 0 Å². The molecule has 0 aliphatic heterocycles. The van der Waals surface area contributed by atoms with Gasteiger partial charge in [0.25, 0.3) is 5.91 Å². The average Bonchev–Trinajstić information content (AvgIpc) is 3.18. The molecule has 156 valence electrons. The van der Waals surface area contributed by atoms with Crippen LogP contribution in [0.15, 0.2) is 46.9 Å². The maximum atomic E-state index is 12.3. The molecule has 1 unspecified atom stereocenters. The number of nitrogens with one attached hydrogen (secondary N) is 1. The van der Waals surface area contributed by atoms with Crippen LogP contribution >= 0.6 is 11.6 Å². The van der Waals surface area contributed by atoms with Gasteiger partial charge in [0, 0.05) is 22.7 Å². The van der Waals surface area contributed by atoms with Gasteiger partial charge < -0.3 is 14.5 Å². The highest BCUT2D eigenvalue weighted by atomic mass is 35.5. The molecule has 0 spiro atoms. The fourth-order valence-electron chi connectivity index (χ4n) is 2.65. The molecule has 0 saturated heterocycles. The third-order valence-electron chi connectivity index (χ3n) is 4.44. The lowest BCUT2D eigenvalue weighted by atomic mass is 10.1. The minimum Gasteiger partial charge on any atom is -0.453 e. The molecule has 1 amide bonds. The molecule has 0 bridgehead atoms. The Morgan fingerprint density at radius 3 is 2.60 bits per heavy atom. The van der Waals surface area contributed by atoms with E-state index in [4.69, 9.17) is 20.8 Å².